The Morgan fingerprint density at radius 1 is 1.09 bits per heavy atom. The van der Waals surface area contributed by atoms with Crippen molar-refractivity contribution in [3.05, 3.63) is 0 Å². The second-order valence-electron chi connectivity index (χ2n) is 2.26. The van der Waals surface area contributed by atoms with Crippen molar-refractivity contribution in [3.63, 3.8) is 0 Å². The fraction of sp³-hybridized carbons (Fsp3) is 1.00. The molecule has 11 heavy (non-hydrogen) atoms. The predicted octanol–water partition coefficient (Wildman–Crippen LogP) is 2.88. The summed E-state index contributed by atoms with van der Waals surface area (Å²) in [6.07, 6.45) is 5.21. The second-order valence-corrected chi connectivity index (χ2v) is 6.55. The van der Waals surface area contributed by atoms with Crippen LogP contribution in [0.25, 0.3) is 0 Å². The zero-order chi connectivity index (χ0) is 8.91. The molecule has 2 nitrogen and oxygen atoms in total. The first kappa shape index (κ1) is 11.8. The lowest BCUT2D eigenvalue weighted by Gasteiger charge is -1.88. The minimum Gasteiger partial charge on any atom is -0.195 e. The van der Waals surface area contributed by atoms with Gasteiger partial charge in [-0.1, -0.05) is 12.8 Å². The lowest BCUT2D eigenvalue weighted by Crippen LogP contribution is -1.83. The second kappa shape index (κ2) is 5.46. The zero-order valence-electron chi connectivity index (χ0n) is 5.76. The Labute approximate surface area is 80.7 Å². The van der Waals surface area contributed by atoms with Crippen molar-refractivity contribution in [2.45, 2.75) is 31.1 Å². The van der Waals surface area contributed by atoms with E-state index in [1.54, 1.807) is 0 Å². The van der Waals surface area contributed by atoms with Crippen molar-refractivity contribution in [1.29, 1.82) is 0 Å². The number of hydrogen-bond donors (Lipinski definition) is 0. The molecule has 1 aliphatic carbocycles. The summed E-state index contributed by atoms with van der Waals surface area (Å²) < 4.78 is 18.3. The van der Waals surface area contributed by atoms with Gasteiger partial charge in [-0.25, -0.2) is 0 Å². The SMILES string of the molecule is ClC1CCCC1.O=S(=O)(Cl)Cl. The maximum Gasteiger partial charge on any atom is 0.317 e. The van der Waals surface area contributed by atoms with E-state index in [-0.39, 0.29) is 0 Å². The van der Waals surface area contributed by atoms with Gasteiger partial charge in [0.15, 0.2) is 0 Å². The van der Waals surface area contributed by atoms with Crippen LogP contribution in [0.2, 0.25) is 0 Å². The first-order chi connectivity index (χ1) is 4.89. The van der Waals surface area contributed by atoms with Crippen LogP contribution in [-0.4, -0.2) is 13.8 Å². The molecule has 1 saturated carbocycles. The summed E-state index contributed by atoms with van der Waals surface area (Å²) in [7, 11) is 4.81. The Morgan fingerprint density at radius 2 is 1.36 bits per heavy atom. The molecule has 0 aromatic carbocycles. The first-order valence-corrected chi connectivity index (χ1v) is 6.75. The topological polar surface area (TPSA) is 34.1 Å². The molecule has 68 valence electrons. The van der Waals surface area contributed by atoms with Crippen molar-refractivity contribution in [1.82, 2.24) is 0 Å². The summed E-state index contributed by atoms with van der Waals surface area (Å²) in [5.74, 6) is 0. The van der Waals surface area contributed by atoms with Crippen LogP contribution in [0.4, 0.5) is 0 Å². The third kappa shape index (κ3) is 13.8. The zero-order valence-corrected chi connectivity index (χ0v) is 8.85. The molecule has 0 heterocycles. The van der Waals surface area contributed by atoms with E-state index >= 15 is 0 Å². The summed E-state index contributed by atoms with van der Waals surface area (Å²) in [6, 6.07) is 0. The van der Waals surface area contributed by atoms with Crippen LogP contribution in [0.5, 0.6) is 0 Å². The molecule has 0 spiro atoms. The van der Waals surface area contributed by atoms with E-state index in [0.29, 0.717) is 5.38 Å². The Hall–Kier alpha value is 0.820. The van der Waals surface area contributed by atoms with Gasteiger partial charge in [-0.2, -0.15) is 8.42 Å². The van der Waals surface area contributed by atoms with Crippen molar-refractivity contribution < 1.29 is 8.42 Å². The van der Waals surface area contributed by atoms with E-state index in [1.165, 1.54) is 25.7 Å². The van der Waals surface area contributed by atoms with Crippen molar-refractivity contribution in [2.75, 3.05) is 0 Å². The minimum atomic E-state index is -3.72. The summed E-state index contributed by atoms with van der Waals surface area (Å²) in [5.41, 5.74) is 0. The van der Waals surface area contributed by atoms with Crippen LogP contribution in [0, 0.1) is 0 Å². The van der Waals surface area contributed by atoms with Gasteiger partial charge < -0.3 is 0 Å². The van der Waals surface area contributed by atoms with Gasteiger partial charge in [-0.3, -0.25) is 0 Å². The highest BCUT2D eigenvalue weighted by Crippen LogP contribution is 2.22. The van der Waals surface area contributed by atoms with Crippen LogP contribution in [0.3, 0.4) is 0 Å². The molecule has 1 aliphatic rings. The van der Waals surface area contributed by atoms with Gasteiger partial charge in [-0.05, 0) is 12.8 Å². The molecular formula is C5H9Cl3O2S. The number of halogens is 3. The number of rotatable bonds is 0. The molecule has 0 bridgehead atoms. The molecule has 0 aliphatic heterocycles. The van der Waals surface area contributed by atoms with Crippen LogP contribution < -0.4 is 0 Å². The van der Waals surface area contributed by atoms with Crippen LogP contribution in [0.15, 0.2) is 0 Å². The molecule has 0 aromatic rings. The van der Waals surface area contributed by atoms with E-state index in [0.717, 1.165) is 0 Å². The Bertz CT molecular complexity index is 176. The highest BCUT2D eigenvalue weighted by atomic mass is 36.0. The molecule has 0 atom stereocenters. The molecule has 0 amide bonds. The lowest BCUT2D eigenvalue weighted by atomic mass is 10.4. The molecule has 0 saturated heterocycles. The van der Waals surface area contributed by atoms with E-state index in [4.69, 9.17) is 20.0 Å². The third-order valence-corrected chi connectivity index (χ3v) is 1.72. The van der Waals surface area contributed by atoms with Crippen LogP contribution in [-0.2, 0) is 8.26 Å². The molecule has 1 fully saturated rings. The smallest absolute Gasteiger partial charge is 0.195 e. The quantitative estimate of drug-likeness (QED) is 0.481. The third-order valence-electron chi connectivity index (χ3n) is 1.28. The van der Waals surface area contributed by atoms with E-state index < -0.39 is 8.26 Å². The van der Waals surface area contributed by atoms with Gasteiger partial charge >= 0.3 is 8.26 Å². The van der Waals surface area contributed by atoms with Gasteiger partial charge in [0.05, 0.1) is 0 Å². The molecule has 0 unspecified atom stereocenters. The lowest BCUT2D eigenvalue weighted by molar-refractivity contribution is 0.621. The molecule has 1 rings (SSSR count). The summed E-state index contributed by atoms with van der Waals surface area (Å²) in [5, 5.41) is 0.519. The first-order valence-electron chi connectivity index (χ1n) is 3.18. The van der Waals surface area contributed by atoms with E-state index in [9.17, 15) is 0 Å². The monoisotopic (exact) mass is 238 g/mol. The average Bonchev–Trinajstić information content (AvgIpc) is 2.12. The number of hydrogen-bond acceptors (Lipinski definition) is 2. The normalized spacial score (nSPS) is 19.2. The van der Waals surface area contributed by atoms with E-state index in [1.807, 2.05) is 0 Å². The largest absolute Gasteiger partial charge is 0.317 e. The van der Waals surface area contributed by atoms with Gasteiger partial charge in [0.25, 0.3) is 0 Å². The standard InChI is InChI=1S/C5H9Cl.Cl2O2S/c6-5-3-1-2-4-5;1-5(2,3)4/h5H,1-4H2;. The van der Waals surface area contributed by atoms with Crippen LogP contribution >= 0.6 is 33.0 Å². The van der Waals surface area contributed by atoms with Gasteiger partial charge in [0.2, 0.25) is 0 Å². The fourth-order valence-corrected chi connectivity index (χ4v) is 1.18. The molecule has 0 radical (unpaired) electrons. The highest BCUT2D eigenvalue weighted by molar-refractivity contribution is 8.31. The fourth-order valence-electron chi connectivity index (χ4n) is 0.876. The Balaban J connectivity index is 0.000000187. The molecular weight excluding hydrogens is 230 g/mol. The Kier molecular flexibility index (Phi) is 5.87. The highest BCUT2D eigenvalue weighted by Gasteiger charge is 2.09. The van der Waals surface area contributed by atoms with Gasteiger partial charge in [-0.15, -0.1) is 11.6 Å². The number of alkyl halides is 1. The summed E-state index contributed by atoms with van der Waals surface area (Å²) in [6.45, 7) is 0. The minimum absolute atomic E-state index is 0.519. The van der Waals surface area contributed by atoms with E-state index in [2.05, 4.69) is 21.4 Å². The van der Waals surface area contributed by atoms with Gasteiger partial charge in [0, 0.05) is 26.7 Å². The van der Waals surface area contributed by atoms with Crippen molar-refractivity contribution in [2.24, 2.45) is 0 Å². The average molecular weight is 240 g/mol. The predicted molar refractivity (Wildman–Crippen MR) is 48.7 cm³/mol. The summed E-state index contributed by atoms with van der Waals surface area (Å²) in [4.78, 5) is 0. The molecule has 0 aromatic heterocycles. The molecule has 6 heteroatoms. The van der Waals surface area contributed by atoms with Crippen molar-refractivity contribution in [3.8, 4) is 0 Å². The van der Waals surface area contributed by atoms with Crippen LogP contribution in [0.1, 0.15) is 25.7 Å². The summed E-state index contributed by atoms with van der Waals surface area (Å²) >= 11 is 5.71. The maximum absolute atomic E-state index is 9.16. The van der Waals surface area contributed by atoms with Crippen molar-refractivity contribution >= 4 is 41.2 Å². The maximum atomic E-state index is 9.16. The Morgan fingerprint density at radius 3 is 1.45 bits per heavy atom. The van der Waals surface area contributed by atoms with Gasteiger partial charge in [0.1, 0.15) is 0 Å². The molecule has 0 N–H and O–H groups in total.